The SMILES string of the molecule is Cc1ccc(SNC[C@@H](N)c2ccccc2)cc1. The molecule has 0 amide bonds. The molecule has 0 fully saturated rings. The lowest BCUT2D eigenvalue weighted by Gasteiger charge is -2.12. The van der Waals surface area contributed by atoms with Crippen molar-refractivity contribution >= 4 is 11.9 Å². The second-order valence-electron chi connectivity index (χ2n) is 4.28. The van der Waals surface area contributed by atoms with Gasteiger partial charge in [0.25, 0.3) is 0 Å². The number of hydrogen-bond donors (Lipinski definition) is 2. The maximum Gasteiger partial charge on any atom is 0.0431 e. The molecule has 0 aliphatic rings. The molecule has 18 heavy (non-hydrogen) atoms. The quantitative estimate of drug-likeness (QED) is 0.808. The molecule has 3 N–H and O–H groups in total. The van der Waals surface area contributed by atoms with E-state index in [4.69, 9.17) is 5.73 Å². The first kappa shape index (κ1) is 13.1. The van der Waals surface area contributed by atoms with E-state index < -0.39 is 0 Å². The summed E-state index contributed by atoms with van der Waals surface area (Å²) in [6.07, 6.45) is 0. The van der Waals surface area contributed by atoms with Crippen LogP contribution in [0.15, 0.2) is 59.5 Å². The molecular weight excluding hydrogens is 240 g/mol. The van der Waals surface area contributed by atoms with E-state index in [1.54, 1.807) is 11.9 Å². The van der Waals surface area contributed by atoms with Gasteiger partial charge in [-0.25, -0.2) is 0 Å². The fourth-order valence-corrected chi connectivity index (χ4v) is 2.34. The zero-order valence-corrected chi connectivity index (χ0v) is 11.3. The zero-order valence-electron chi connectivity index (χ0n) is 10.5. The van der Waals surface area contributed by atoms with E-state index in [1.165, 1.54) is 10.5 Å². The number of hydrogen-bond acceptors (Lipinski definition) is 3. The van der Waals surface area contributed by atoms with Gasteiger partial charge in [-0.3, -0.25) is 4.72 Å². The van der Waals surface area contributed by atoms with Gasteiger partial charge in [-0.2, -0.15) is 0 Å². The van der Waals surface area contributed by atoms with Crippen LogP contribution in [0.2, 0.25) is 0 Å². The molecule has 94 valence electrons. The lowest BCUT2D eigenvalue weighted by Crippen LogP contribution is -2.22. The minimum absolute atomic E-state index is 0.0316. The molecule has 0 bridgehead atoms. The number of benzene rings is 2. The molecule has 0 aromatic heterocycles. The average Bonchev–Trinajstić information content (AvgIpc) is 2.42. The average molecular weight is 258 g/mol. The van der Waals surface area contributed by atoms with Crippen molar-refractivity contribution < 1.29 is 0 Å². The van der Waals surface area contributed by atoms with Gasteiger partial charge in [-0.15, -0.1) is 0 Å². The zero-order chi connectivity index (χ0) is 12.8. The van der Waals surface area contributed by atoms with Crippen molar-refractivity contribution in [3.05, 3.63) is 65.7 Å². The van der Waals surface area contributed by atoms with Gasteiger partial charge in [0, 0.05) is 17.5 Å². The summed E-state index contributed by atoms with van der Waals surface area (Å²) in [5, 5.41) is 0. The Morgan fingerprint density at radius 3 is 2.39 bits per heavy atom. The van der Waals surface area contributed by atoms with E-state index >= 15 is 0 Å². The Bertz CT molecular complexity index is 468. The van der Waals surface area contributed by atoms with E-state index in [2.05, 4.69) is 48.0 Å². The highest BCUT2D eigenvalue weighted by Crippen LogP contribution is 2.16. The van der Waals surface area contributed by atoms with E-state index in [0.29, 0.717) is 0 Å². The van der Waals surface area contributed by atoms with Gasteiger partial charge in [0.2, 0.25) is 0 Å². The summed E-state index contributed by atoms with van der Waals surface area (Å²) in [4.78, 5) is 1.21. The topological polar surface area (TPSA) is 38.0 Å². The summed E-state index contributed by atoms with van der Waals surface area (Å²) < 4.78 is 3.31. The third kappa shape index (κ3) is 3.88. The molecule has 0 spiro atoms. The van der Waals surface area contributed by atoms with Crippen LogP contribution in [-0.2, 0) is 0 Å². The molecule has 0 radical (unpaired) electrons. The molecule has 3 heteroatoms. The van der Waals surface area contributed by atoms with Crippen molar-refractivity contribution in [3.63, 3.8) is 0 Å². The van der Waals surface area contributed by atoms with Crippen molar-refractivity contribution in [2.75, 3.05) is 6.54 Å². The summed E-state index contributed by atoms with van der Waals surface area (Å²) in [7, 11) is 0. The van der Waals surface area contributed by atoms with E-state index in [1.807, 2.05) is 18.2 Å². The first-order chi connectivity index (χ1) is 8.75. The van der Waals surface area contributed by atoms with E-state index in [0.717, 1.165) is 12.1 Å². The predicted molar refractivity (Wildman–Crippen MR) is 78.4 cm³/mol. The number of nitrogens with one attached hydrogen (secondary N) is 1. The largest absolute Gasteiger partial charge is 0.323 e. The molecule has 0 aliphatic heterocycles. The molecule has 0 aliphatic carbocycles. The van der Waals surface area contributed by atoms with Crippen LogP contribution in [0.5, 0.6) is 0 Å². The van der Waals surface area contributed by atoms with Crippen molar-refractivity contribution in [1.82, 2.24) is 4.72 Å². The van der Waals surface area contributed by atoms with Gasteiger partial charge in [-0.05, 0) is 36.6 Å². The minimum atomic E-state index is 0.0316. The van der Waals surface area contributed by atoms with Crippen molar-refractivity contribution in [3.8, 4) is 0 Å². The standard InChI is InChI=1S/C15H18N2S/c1-12-7-9-14(10-8-12)18-17-11-15(16)13-5-3-2-4-6-13/h2-10,15,17H,11,16H2,1H3/t15-/m1/s1. The summed E-state index contributed by atoms with van der Waals surface area (Å²) in [6.45, 7) is 2.84. The number of nitrogens with two attached hydrogens (primary N) is 1. The van der Waals surface area contributed by atoms with Crippen LogP contribution in [0, 0.1) is 6.92 Å². The predicted octanol–water partition coefficient (Wildman–Crippen LogP) is 3.29. The van der Waals surface area contributed by atoms with Gasteiger partial charge in [0.05, 0.1) is 0 Å². The maximum absolute atomic E-state index is 6.11. The normalized spacial score (nSPS) is 12.3. The number of rotatable bonds is 5. The van der Waals surface area contributed by atoms with E-state index in [9.17, 15) is 0 Å². The summed E-state index contributed by atoms with van der Waals surface area (Å²) in [5.41, 5.74) is 8.55. The Kier molecular flexibility index (Phi) is 4.81. The van der Waals surface area contributed by atoms with Crippen molar-refractivity contribution in [1.29, 1.82) is 0 Å². The second kappa shape index (κ2) is 6.59. The summed E-state index contributed by atoms with van der Waals surface area (Å²) in [6, 6.07) is 18.6. The molecule has 2 rings (SSSR count). The fourth-order valence-electron chi connectivity index (χ4n) is 1.64. The number of aryl methyl sites for hydroxylation is 1. The molecule has 2 aromatic carbocycles. The van der Waals surface area contributed by atoms with E-state index in [-0.39, 0.29) is 6.04 Å². The van der Waals surface area contributed by atoms with Crippen LogP contribution in [0.25, 0.3) is 0 Å². The Morgan fingerprint density at radius 1 is 1.06 bits per heavy atom. The smallest absolute Gasteiger partial charge is 0.0431 e. The van der Waals surface area contributed by atoms with Crippen LogP contribution in [0.3, 0.4) is 0 Å². The molecule has 0 heterocycles. The summed E-state index contributed by atoms with van der Waals surface area (Å²) in [5.74, 6) is 0. The van der Waals surface area contributed by atoms with Crippen molar-refractivity contribution in [2.24, 2.45) is 5.73 Å². The second-order valence-corrected chi connectivity index (χ2v) is 5.24. The van der Waals surface area contributed by atoms with Gasteiger partial charge in [-0.1, -0.05) is 48.0 Å². The monoisotopic (exact) mass is 258 g/mol. The summed E-state index contributed by atoms with van der Waals surface area (Å²) >= 11 is 1.62. The Balaban J connectivity index is 1.80. The van der Waals surface area contributed by atoms with Crippen LogP contribution >= 0.6 is 11.9 Å². The first-order valence-corrected chi connectivity index (χ1v) is 6.84. The molecule has 0 saturated carbocycles. The van der Waals surface area contributed by atoms with Crippen LogP contribution in [0.1, 0.15) is 17.2 Å². The molecule has 0 unspecified atom stereocenters. The van der Waals surface area contributed by atoms with Crippen LogP contribution in [-0.4, -0.2) is 6.54 Å². The Labute approximate surface area is 113 Å². The molecular formula is C15H18N2S. The highest BCUT2D eigenvalue weighted by Gasteiger charge is 2.04. The van der Waals surface area contributed by atoms with Crippen LogP contribution in [0.4, 0.5) is 0 Å². The Hall–Kier alpha value is -1.29. The van der Waals surface area contributed by atoms with Gasteiger partial charge >= 0.3 is 0 Å². The third-order valence-electron chi connectivity index (χ3n) is 2.74. The lowest BCUT2D eigenvalue weighted by atomic mass is 10.1. The highest BCUT2D eigenvalue weighted by molar-refractivity contribution is 7.97. The van der Waals surface area contributed by atoms with Crippen LogP contribution < -0.4 is 10.5 Å². The van der Waals surface area contributed by atoms with Gasteiger partial charge < -0.3 is 5.73 Å². The molecule has 2 aromatic rings. The van der Waals surface area contributed by atoms with Gasteiger partial charge in [0.1, 0.15) is 0 Å². The minimum Gasteiger partial charge on any atom is -0.323 e. The lowest BCUT2D eigenvalue weighted by molar-refractivity contribution is 0.709. The third-order valence-corrected chi connectivity index (χ3v) is 3.56. The molecule has 0 saturated heterocycles. The van der Waals surface area contributed by atoms with Gasteiger partial charge in [0.15, 0.2) is 0 Å². The Morgan fingerprint density at radius 2 is 1.72 bits per heavy atom. The van der Waals surface area contributed by atoms with Crippen molar-refractivity contribution in [2.45, 2.75) is 17.9 Å². The maximum atomic E-state index is 6.11. The molecule has 2 nitrogen and oxygen atoms in total. The molecule has 1 atom stereocenters. The first-order valence-electron chi connectivity index (χ1n) is 6.02. The highest BCUT2D eigenvalue weighted by atomic mass is 32.2. The fraction of sp³-hybridized carbons (Fsp3) is 0.200.